The van der Waals surface area contributed by atoms with Crippen LogP contribution in [-0.2, 0) is 0 Å². The predicted molar refractivity (Wildman–Crippen MR) is 83.2 cm³/mol. The maximum Gasteiger partial charge on any atom is 0.0391 e. The van der Waals surface area contributed by atoms with Crippen LogP contribution in [0, 0.1) is 6.92 Å². The monoisotopic (exact) mass is 323 g/mol. The number of halogens is 1. The minimum Gasteiger partial charge on any atom is -0.303 e. The van der Waals surface area contributed by atoms with Crippen molar-refractivity contribution in [3.8, 4) is 0 Å². The second kappa shape index (κ2) is 6.00. The number of hydrogen-bond acceptors (Lipinski definition) is 2. The third kappa shape index (κ3) is 3.44. The Morgan fingerprint density at radius 2 is 1.67 bits per heavy atom. The van der Waals surface area contributed by atoms with Crippen LogP contribution in [0.5, 0.6) is 0 Å². The first kappa shape index (κ1) is 13.8. The zero-order valence-corrected chi connectivity index (χ0v) is 13.3. The topological polar surface area (TPSA) is 12.0 Å². The van der Waals surface area contributed by atoms with Crippen LogP contribution in [0.4, 0.5) is 0 Å². The molecule has 1 unspecified atom stereocenters. The van der Waals surface area contributed by atoms with Crippen molar-refractivity contribution in [3.63, 3.8) is 0 Å². The van der Waals surface area contributed by atoms with E-state index in [4.69, 9.17) is 0 Å². The molecule has 2 aromatic rings. The van der Waals surface area contributed by atoms with Crippen molar-refractivity contribution in [2.75, 3.05) is 0 Å². The van der Waals surface area contributed by atoms with Crippen LogP contribution in [-0.4, -0.2) is 0 Å². The van der Waals surface area contributed by atoms with Crippen LogP contribution < -0.4 is 5.32 Å². The van der Waals surface area contributed by atoms with Crippen LogP contribution in [0.3, 0.4) is 0 Å². The molecule has 0 aliphatic carbocycles. The van der Waals surface area contributed by atoms with Gasteiger partial charge >= 0.3 is 0 Å². The van der Waals surface area contributed by atoms with Crippen molar-refractivity contribution >= 4 is 27.3 Å². The molecule has 1 aromatic carbocycles. The van der Waals surface area contributed by atoms with E-state index < -0.39 is 0 Å². The first-order valence-corrected chi connectivity index (χ1v) is 7.75. The smallest absolute Gasteiger partial charge is 0.0391 e. The molecule has 0 saturated heterocycles. The molecule has 0 aliphatic rings. The molecule has 0 bridgehead atoms. The molecule has 0 amide bonds. The molecule has 18 heavy (non-hydrogen) atoms. The highest BCUT2D eigenvalue weighted by atomic mass is 79.9. The highest BCUT2D eigenvalue weighted by Crippen LogP contribution is 2.25. The van der Waals surface area contributed by atoms with Crippen molar-refractivity contribution < 1.29 is 0 Å². The summed E-state index contributed by atoms with van der Waals surface area (Å²) < 4.78 is 1.13. The van der Waals surface area contributed by atoms with Gasteiger partial charge in [-0.3, -0.25) is 0 Å². The lowest BCUT2D eigenvalue weighted by molar-refractivity contribution is 0.500. The normalized spacial score (nSPS) is 14.4. The Kier molecular flexibility index (Phi) is 4.60. The van der Waals surface area contributed by atoms with Gasteiger partial charge in [-0.15, -0.1) is 11.3 Å². The van der Waals surface area contributed by atoms with Crippen molar-refractivity contribution in [2.24, 2.45) is 0 Å². The van der Waals surface area contributed by atoms with E-state index in [2.05, 4.69) is 78.4 Å². The Labute approximate surface area is 121 Å². The summed E-state index contributed by atoms with van der Waals surface area (Å²) in [5.74, 6) is 0. The van der Waals surface area contributed by atoms with E-state index in [0.29, 0.717) is 12.1 Å². The maximum absolute atomic E-state index is 3.64. The van der Waals surface area contributed by atoms with Crippen molar-refractivity contribution in [3.05, 3.63) is 56.2 Å². The Bertz CT molecular complexity index is 503. The van der Waals surface area contributed by atoms with E-state index >= 15 is 0 Å². The van der Waals surface area contributed by atoms with Crippen LogP contribution >= 0.6 is 27.3 Å². The zero-order chi connectivity index (χ0) is 13.1. The van der Waals surface area contributed by atoms with Gasteiger partial charge in [-0.05, 0) is 50.6 Å². The Hall–Kier alpha value is -0.640. The average molecular weight is 324 g/mol. The fourth-order valence-electron chi connectivity index (χ4n) is 1.99. The summed E-state index contributed by atoms with van der Waals surface area (Å²) in [5.41, 5.74) is 1.32. The summed E-state index contributed by atoms with van der Waals surface area (Å²) in [6.07, 6.45) is 0. The Morgan fingerprint density at radius 3 is 2.22 bits per heavy atom. The quantitative estimate of drug-likeness (QED) is 0.812. The van der Waals surface area contributed by atoms with E-state index in [-0.39, 0.29) is 0 Å². The van der Waals surface area contributed by atoms with E-state index in [1.807, 2.05) is 11.3 Å². The number of aryl methyl sites for hydroxylation is 1. The minimum atomic E-state index is 0.357. The van der Waals surface area contributed by atoms with Gasteiger partial charge in [-0.25, -0.2) is 0 Å². The largest absolute Gasteiger partial charge is 0.303 e. The van der Waals surface area contributed by atoms with Gasteiger partial charge in [-0.1, -0.05) is 28.1 Å². The third-order valence-electron chi connectivity index (χ3n) is 3.06. The molecule has 1 aromatic heterocycles. The second-order valence-electron chi connectivity index (χ2n) is 4.61. The molecule has 2 atom stereocenters. The summed E-state index contributed by atoms with van der Waals surface area (Å²) in [4.78, 5) is 2.77. The number of hydrogen-bond donors (Lipinski definition) is 1. The second-order valence-corrected chi connectivity index (χ2v) is 6.85. The molecule has 0 aliphatic heterocycles. The number of thiophene rings is 1. The summed E-state index contributed by atoms with van der Waals surface area (Å²) in [7, 11) is 0. The number of rotatable bonds is 4. The van der Waals surface area contributed by atoms with Crippen LogP contribution in [0.25, 0.3) is 0 Å². The molecule has 1 nitrogen and oxygen atoms in total. The molecule has 1 heterocycles. The fraction of sp³-hybridized carbons (Fsp3) is 0.333. The van der Waals surface area contributed by atoms with Crippen molar-refractivity contribution in [2.45, 2.75) is 32.9 Å². The summed E-state index contributed by atoms with van der Waals surface area (Å²) >= 11 is 5.33. The van der Waals surface area contributed by atoms with Gasteiger partial charge in [0.05, 0.1) is 0 Å². The van der Waals surface area contributed by atoms with E-state index in [1.54, 1.807) is 0 Å². The highest BCUT2D eigenvalue weighted by molar-refractivity contribution is 9.10. The lowest BCUT2D eigenvalue weighted by Gasteiger charge is -2.19. The van der Waals surface area contributed by atoms with Gasteiger partial charge in [0, 0.05) is 26.3 Å². The molecular formula is C15H18BrNS. The van der Waals surface area contributed by atoms with Crippen LogP contribution in [0.2, 0.25) is 0 Å². The standard InChI is InChI=1S/C15H18BrNS/c1-10-4-9-15(18-10)12(3)17-11(2)13-5-7-14(16)8-6-13/h4-9,11-12,17H,1-3H3/t11-,12?/m0/s1. The molecule has 1 N–H and O–H groups in total. The zero-order valence-electron chi connectivity index (χ0n) is 10.9. The number of nitrogens with one attached hydrogen (secondary N) is 1. The van der Waals surface area contributed by atoms with Gasteiger partial charge < -0.3 is 5.32 Å². The lowest BCUT2D eigenvalue weighted by atomic mass is 10.1. The molecular weight excluding hydrogens is 306 g/mol. The van der Waals surface area contributed by atoms with E-state index in [9.17, 15) is 0 Å². The van der Waals surface area contributed by atoms with Gasteiger partial charge in [0.25, 0.3) is 0 Å². The average Bonchev–Trinajstić information content (AvgIpc) is 2.76. The molecule has 0 saturated carbocycles. The maximum atomic E-state index is 3.64. The van der Waals surface area contributed by atoms with Crippen molar-refractivity contribution in [1.29, 1.82) is 0 Å². The van der Waals surface area contributed by atoms with Crippen LogP contribution in [0.15, 0.2) is 40.9 Å². The van der Waals surface area contributed by atoms with Crippen molar-refractivity contribution in [1.82, 2.24) is 5.32 Å². The molecule has 96 valence electrons. The first-order chi connectivity index (χ1) is 8.56. The third-order valence-corrected chi connectivity index (χ3v) is 4.77. The SMILES string of the molecule is Cc1ccc(C(C)N[C@@H](C)c2ccc(Br)cc2)s1. The molecule has 0 radical (unpaired) electrons. The van der Waals surface area contributed by atoms with E-state index in [0.717, 1.165) is 4.47 Å². The Balaban J connectivity index is 2.02. The molecule has 0 fully saturated rings. The van der Waals surface area contributed by atoms with Gasteiger partial charge in [0.2, 0.25) is 0 Å². The minimum absolute atomic E-state index is 0.357. The molecule has 3 heteroatoms. The Morgan fingerprint density at radius 1 is 1.00 bits per heavy atom. The molecule has 2 rings (SSSR count). The highest BCUT2D eigenvalue weighted by Gasteiger charge is 2.12. The lowest BCUT2D eigenvalue weighted by Crippen LogP contribution is -2.21. The number of benzene rings is 1. The first-order valence-electron chi connectivity index (χ1n) is 6.14. The molecule has 0 spiro atoms. The van der Waals surface area contributed by atoms with Gasteiger partial charge in [-0.2, -0.15) is 0 Å². The predicted octanol–water partition coefficient (Wildman–Crippen LogP) is 5.23. The van der Waals surface area contributed by atoms with Gasteiger partial charge in [0.15, 0.2) is 0 Å². The van der Waals surface area contributed by atoms with Gasteiger partial charge in [0.1, 0.15) is 0 Å². The fourth-order valence-corrected chi connectivity index (χ4v) is 3.14. The van der Waals surface area contributed by atoms with E-state index in [1.165, 1.54) is 15.3 Å². The summed E-state index contributed by atoms with van der Waals surface area (Å²) in [6.45, 7) is 6.58. The summed E-state index contributed by atoms with van der Waals surface area (Å²) in [5, 5.41) is 3.64. The summed E-state index contributed by atoms with van der Waals surface area (Å²) in [6, 6.07) is 13.6. The van der Waals surface area contributed by atoms with Crippen LogP contribution in [0.1, 0.15) is 41.2 Å².